The molecule has 94 valence electrons. The third kappa shape index (κ3) is 2.43. The Labute approximate surface area is 101 Å². The number of nitrogens with zero attached hydrogens (tertiary/aromatic N) is 1. The van der Waals surface area contributed by atoms with Crippen LogP contribution in [0.2, 0.25) is 0 Å². The molecule has 0 aromatic heterocycles. The second-order valence-corrected chi connectivity index (χ2v) is 5.88. The topological polar surface area (TPSA) is 29.3 Å². The van der Waals surface area contributed by atoms with Gasteiger partial charge in [-0.1, -0.05) is 32.1 Å². The highest BCUT2D eigenvalue weighted by atomic mass is 15.2. The van der Waals surface area contributed by atoms with Crippen molar-refractivity contribution in [1.29, 1.82) is 0 Å². The van der Waals surface area contributed by atoms with Gasteiger partial charge in [0.25, 0.3) is 0 Å². The molecule has 0 aromatic rings. The fourth-order valence-corrected chi connectivity index (χ4v) is 3.81. The molecule has 1 heterocycles. The molecule has 1 aliphatic heterocycles. The van der Waals surface area contributed by atoms with Crippen LogP contribution in [-0.2, 0) is 0 Å². The van der Waals surface area contributed by atoms with Crippen molar-refractivity contribution >= 4 is 0 Å². The molecule has 2 nitrogen and oxygen atoms in total. The fraction of sp³-hybridized carbons (Fsp3) is 1.00. The maximum atomic E-state index is 6.16. The number of nitrogens with two attached hydrogens (primary N) is 1. The van der Waals surface area contributed by atoms with Gasteiger partial charge in [0.15, 0.2) is 0 Å². The zero-order valence-electron chi connectivity index (χ0n) is 10.9. The van der Waals surface area contributed by atoms with Crippen LogP contribution in [0.3, 0.4) is 0 Å². The first-order valence-electron chi connectivity index (χ1n) is 7.25. The second-order valence-electron chi connectivity index (χ2n) is 5.88. The van der Waals surface area contributed by atoms with Gasteiger partial charge in [-0.05, 0) is 39.2 Å². The van der Waals surface area contributed by atoms with Crippen LogP contribution in [0.15, 0.2) is 0 Å². The zero-order chi connectivity index (χ0) is 11.4. The van der Waals surface area contributed by atoms with Crippen molar-refractivity contribution in [3.63, 3.8) is 0 Å². The lowest BCUT2D eigenvalue weighted by molar-refractivity contribution is 0.0608. The third-order valence-electron chi connectivity index (χ3n) is 4.83. The van der Waals surface area contributed by atoms with E-state index >= 15 is 0 Å². The van der Waals surface area contributed by atoms with E-state index in [1.807, 2.05) is 0 Å². The van der Waals surface area contributed by atoms with Crippen LogP contribution in [0.1, 0.15) is 64.7 Å². The molecule has 2 rings (SSSR count). The molecule has 1 saturated heterocycles. The Bertz CT molecular complexity index is 207. The Morgan fingerprint density at radius 2 is 1.69 bits per heavy atom. The van der Waals surface area contributed by atoms with E-state index in [4.69, 9.17) is 5.73 Å². The van der Waals surface area contributed by atoms with E-state index in [1.165, 1.54) is 64.3 Å². The molecule has 0 amide bonds. The Morgan fingerprint density at radius 1 is 1.06 bits per heavy atom. The molecule has 0 spiro atoms. The predicted octanol–water partition coefficient (Wildman–Crippen LogP) is 2.91. The van der Waals surface area contributed by atoms with Crippen LogP contribution in [-0.4, -0.2) is 29.6 Å². The largest absolute Gasteiger partial charge is 0.329 e. The van der Waals surface area contributed by atoms with Gasteiger partial charge in [0.1, 0.15) is 0 Å². The van der Waals surface area contributed by atoms with Crippen molar-refractivity contribution in [2.45, 2.75) is 76.3 Å². The number of hydrogen-bond acceptors (Lipinski definition) is 2. The van der Waals surface area contributed by atoms with Crippen LogP contribution >= 0.6 is 0 Å². The predicted molar refractivity (Wildman–Crippen MR) is 69.5 cm³/mol. The van der Waals surface area contributed by atoms with Gasteiger partial charge in [-0.25, -0.2) is 0 Å². The number of hydrogen-bond donors (Lipinski definition) is 1. The molecule has 1 unspecified atom stereocenters. The summed E-state index contributed by atoms with van der Waals surface area (Å²) in [5.41, 5.74) is 6.52. The van der Waals surface area contributed by atoms with E-state index in [-0.39, 0.29) is 0 Å². The molecule has 2 aliphatic rings. The van der Waals surface area contributed by atoms with Crippen molar-refractivity contribution in [3.05, 3.63) is 0 Å². The SMILES string of the molecule is CC1CCCN1C1(CN)CCCCCCC1. The van der Waals surface area contributed by atoms with E-state index in [1.54, 1.807) is 0 Å². The molecule has 16 heavy (non-hydrogen) atoms. The summed E-state index contributed by atoms with van der Waals surface area (Å²) in [6.07, 6.45) is 12.5. The lowest BCUT2D eigenvalue weighted by Gasteiger charge is -2.45. The zero-order valence-corrected chi connectivity index (χ0v) is 10.9. The van der Waals surface area contributed by atoms with Crippen LogP contribution in [0.25, 0.3) is 0 Å². The van der Waals surface area contributed by atoms with E-state index in [0.29, 0.717) is 5.54 Å². The van der Waals surface area contributed by atoms with E-state index in [2.05, 4.69) is 11.8 Å². The van der Waals surface area contributed by atoms with Gasteiger partial charge in [-0.3, -0.25) is 4.90 Å². The summed E-state index contributed by atoms with van der Waals surface area (Å²) in [7, 11) is 0. The Morgan fingerprint density at radius 3 is 2.19 bits per heavy atom. The highest BCUT2D eigenvalue weighted by Gasteiger charge is 2.39. The standard InChI is InChI=1S/C14H28N2/c1-13-8-7-11-16(13)14(12-15)9-5-3-2-4-6-10-14/h13H,2-12,15H2,1H3. The summed E-state index contributed by atoms with van der Waals surface area (Å²) in [6.45, 7) is 4.55. The summed E-state index contributed by atoms with van der Waals surface area (Å²) in [4.78, 5) is 2.75. The molecule has 1 atom stereocenters. The third-order valence-corrected chi connectivity index (χ3v) is 4.83. The van der Waals surface area contributed by atoms with Gasteiger partial charge in [0.2, 0.25) is 0 Å². The molecule has 2 N–H and O–H groups in total. The average Bonchev–Trinajstić information content (AvgIpc) is 2.66. The Hall–Kier alpha value is -0.0800. The van der Waals surface area contributed by atoms with Gasteiger partial charge in [-0.15, -0.1) is 0 Å². The van der Waals surface area contributed by atoms with Crippen LogP contribution in [0, 0.1) is 0 Å². The summed E-state index contributed by atoms with van der Waals surface area (Å²) >= 11 is 0. The van der Waals surface area contributed by atoms with Gasteiger partial charge in [0, 0.05) is 18.1 Å². The normalized spacial score (nSPS) is 32.2. The van der Waals surface area contributed by atoms with Crippen molar-refractivity contribution < 1.29 is 0 Å². The quantitative estimate of drug-likeness (QED) is 0.781. The Balaban J connectivity index is 2.08. The molecule has 0 aromatic carbocycles. The lowest BCUT2D eigenvalue weighted by atomic mass is 9.82. The minimum absolute atomic E-state index is 0.357. The molecule has 2 fully saturated rings. The summed E-state index contributed by atoms with van der Waals surface area (Å²) < 4.78 is 0. The first kappa shape index (κ1) is 12.4. The van der Waals surface area contributed by atoms with Crippen LogP contribution in [0.4, 0.5) is 0 Å². The molecule has 0 bridgehead atoms. The van der Waals surface area contributed by atoms with E-state index < -0.39 is 0 Å². The minimum Gasteiger partial charge on any atom is -0.329 e. The van der Waals surface area contributed by atoms with Crippen molar-refractivity contribution in [2.24, 2.45) is 5.73 Å². The first-order valence-corrected chi connectivity index (χ1v) is 7.25. The second kappa shape index (κ2) is 5.50. The summed E-state index contributed by atoms with van der Waals surface area (Å²) in [5, 5.41) is 0. The molecule has 2 heteroatoms. The molecule has 1 aliphatic carbocycles. The van der Waals surface area contributed by atoms with Gasteiger partial charge in [0.05, 0.1) is 0 Å². The summed E-state index contributed by atoms with van der Waals surface area (Å²) in [6, 6.07) is 0.767. The average molecular weight is 224 g/mol. The highest BCUT2D eigenvalue weighted by molar-refractivity contribution is 4.97. The molecule has 1 saturated carbocycles. The fourth-order valence-electron chi connectivity index (χ4n) is 3.81. The highest BCUT2D eigenvalue weighted by Crippen LogP contribution is 2.35. The number of rotatable bonds is 2. The maximum Gasteiger partial charge on any atom is 0.0334 e. The minimum atomic E-state index is 0.357. The van der Waals surface area contributed by atoms with Gasteiger partial charge in [-0.2, -0.15) is 0 Å². The monoisotopic (exact) mass is 224 g/mol. The van der Waals surface area contributed by atoms with Gasteiger partial charge < -0.3 is 5.73 Å². The maximum absolute atomic E-state index is 6.16. The van der Waals surface area contributed by atoms with Crippen LogP contribution < -0.4 is 5.73 Å². The van der Waals surface area contributed by atoms with E-state index in [9.17, 15) is 0 Å². The van der Waals surface area contributed by atoms with Crippen molar-refractivity contribution in [2.75, 3.05) is 13.1 Å². The van der Waals surface area contributed by atoms with Crippen molar-refractivity contribution in [3.8, 4) is 0 Å². The van der Waals surface area contributed by atoms with Crippen molar-refractivity contribution in [1.82, 2.24) is 4.90 Å². The summed E-state index contributed by atoms with van der Waals surface area (Å²) in [5.74, 6) is 0. The molecular weight excluding hydrogens is 196 g/mol. The molecular formula is C14H28N2. The van der Waals surface area contributed by atoms with E-state index in [0.717, 1.165) is 12.6 Å². The van der Waals surface area contributed by atoms with Crippen LogP contribution in [0.5, 0.6) is 0 Å². The lowest BCUT2D eigenvalue weighted by Crippen LogP contribution is -2.55. The Kier molecular flexibility index (Phi) is 4.26. The number of likely N-dealkylation sites (tertiary alicyclic amines) is 1. The first-order chi connectivity index (χ1) is 7.78. The smallest absolute Gasteiger partial charge is 0.0334 e. The van der Waals surface area contributed by atoms with Gasteiger partial charge >= 0.3 is 0 Å². The molecule has 0 radical (unpaired) electrons.